The molecule has 0 aromatic carbocycles. The molecule has 12 heavy (non-hydrogen) atoms. The average Bonchev–Trinajstić information content (AvgIpc) is 2.52. The van der Waals surface area contributed by atoms with E-state index in [0.717, 1.165) is 0 Å². The summed E-state index contributed by atoms with van der Waals surface area (Å²) in [7, 11) is -1.94. The van der Waals surface area contributed by atoms with Crippen molar-refractivity contribution in [3.63, 3.8) is 0 Å². The highest BCUT2D eigenvalue weighted by Gasteiger charge is 2.16. The number of alkyl halides is 1. The topological polar surface area (TPSA) is 46.2 Å². The van der Waals surface area contributed by atoms with Crippen LogP contribution in [0.2, 0.25) is 0 Å². The number of rotatable bonds is 3. The number of halogens is 1. The lowest BCUT2D eigenvalue weighted by Gasteiger charge is -2.00. The van der Waals surface area contributed by atoms with Gasteiger partial charge in [0.2, 0.25) is 10.0 Å². The van der Waals surface area contributed by atoms with Crippen LogP contribution in [0.1, 0.15) is 5.56 Å². The van der Waals surface area contributed by atoms with Gasteiger partial charge in [-0.05, 0) is 18.0 Å². The van der Waals surface area contributed by atoms with E-state index in [4.69, 9.17) is 11.6 Å². The van der Waals surface area contributed by atoms with Gasteiger partial charge in [-0.2, -0.15) is 11.3 Å². The second kappa shape index (κ2) is 3.74. The van der Waals surface area contributed by atoms with Crippen LogP contribution in [0.3, 0.4) is 0 Å². The second-order valence-electron chi connectivity index (χ2n) is 2.10. The Morgan fingerprint density at radius 1 is 1.58 bits per heavy atom. The number of hydrogen-bond donors (Lipinski definition) is 1. The Morgan fingerprint density at radius 2 is 2.25 bits per heavy atom. The standard InChI is InChI=1S/C6H8ClNO2S2/c1-8-12(9,10)6-4-11-3-5(6)2-7/h3-4,8H,2H2,1H3. The minimum atomic E-state index is -3.32. The van der Waals surface area contributed by atoms with Crippen molar-refractivity contribution in [2.45, 2.75) is 10.8 Å². The minimum absolute atomic E-state index is 0.222. The van der Waals surface area contributed by atoms with Crippen LogP contribution in [0.4, 0.5) is 0 Å². The lowest BCUT2D eigenvalue weighted by atomic mass is 10.4. The summed E-state index contributed by atoms with van der Waals surface area (Å²) in [5.41, 5.74) is 0.649. The van der Waals surface area contributed by atoms with E-state index >= 15 is 0 Å². The lowest BCUT2D eigenvalue weighted by Crippen LogP contribution is -2.18. The fraction of sp³-hybridized carbons (Fsp3) is 0.333. The third-order valence-electron chi connectivity index (χ3n) is 1.40. The van der Waals surface area contributed by atoms with Gasteiger partial charge in [-0.25, -0.2) is 13.1 Å². The highest BCUT2D eigenvalue weighted by atomic mass is 35.5. The molecular formula is C6H8ClNO2S2. The Labute approximate surface area is 80.4 Å². The summed E-state index contributed by atoms with van der Waals surface area (Å²) in [6, 6.07) is 0. The van der Waals surface area contributed by atoms with Crippen molar-refractivity contribution in [3.05, 3.63) is 16.3 Å². The van der Waals surface area contributed by atoms with Gasteiger partial charge in [0.05, 0.1) is 4.90 Å². The van der Waals surface area contributed by atoms with Gasteiger partial charge in [-0.15, -0.1) is 11.6 Å². The molecule has 0 aliphatic heterocycles. The Kier molecular flexibility index (Phi) is 3.11. The molecule has 0 unspecified atom stereocenters. The number of nitrogens with one attached hydrogen (secondary N) is 1. The summed E-state index contributed by atoms with van der Waals surface area (Å²) in [4.78, 5) is 0.282. The molecule has 1 N–H and O–H groups in total. The van der Waals surface area contributed by atoms with E-state index in [1.54, 1.807) is 10.8 Å². The normalized spacial score (nSPS) is 11.8. The first kappa shape index (κ1) is 9.98. The Hall–Kier alpha value is -0.100. The Balaban J connectivity index is 3.19. The quantitative estimate of drug-likeness (QED) is 0.791. The van der Waals surface area contributed by atoms with Gasteiger partial charge >= 0.3 is 0 Å². The van der Waals surface area contributed by atoms with Crippen molar-refractivity contribution in [2.75, 3.05) is 7.05 Å². The molecular weight excluding hydrogens is 218 g/mol. The molecule has 68 valence electrons. The van der Waals surface area contributed by atoms with Crippen molar-refractivity contribution >= 4 is 33.0 Å². The number of sulfonamides is 1. The maximum atomic E-state index is 11.3. The largest absolute Gasteiger partial charge is 0.241 e. The molecule has 0 saturated carbocycles. The molecule has 0 aliphatic rings. The molecule has 0 fully saturated rings. The molecule has 0 radical (unpaired) electrons. The summed E-state index contributed by atoms with van der Waals surface area (Å²) in [5.74, 6) is 0.222. The first-order valence-electron chi connectivity index (χ1n) is 3.16. The van der Waals surface area contributed by atoms with E-state index in [1.807, 2.05) is 0 Å². The van der Waals surface area contributed by atoms with Gasteiger partial charge < -0.3 is 0 Å². The first-order chi connectivity index (χ1) is 5.61. The van der Waals surface area contributed by atoms with E-state index in [0.29, 0.717) is 5.56 Å². The average molecular weight is 226 g/mol. The number of hydrogen-bond acceptors (Lipinski definition) is 3. The van der Waals surface area contributed by atoms with Crippen LogP contribution in [0, 0.1) is 0 Å². The van der Waals surface area contributed by atoms with Crippen molar-refractivity contribution in [3.8, 4) is 0 Å². The summed E-state index contributed by atoms with van der Waals surface area (Å²) in [5, 5.41) is 3.31. The van der Waals surface area contributed by atoms with E-state index in [1.165, 1.54) is 18.4 Å². The summed E-state index contributed by atoms with van der Waals surface area (Å²) >= 11 is 6.88. The van der Waals surface area contributed by atoms with Gasteiger partial charge in [0, 0.05) is 11.3 Å². The van der Waals surface area contributed by atoms with Crippen molar-refractivity contribution in [1.29, 1.82) is 0 Å². The van der Waals surface area contributed by atoms with Gasteiger partial charge in [0.1, 0.15) is 0 Å². The third-order valence-corrected chi connectivity index (χ3v) is 4.13. The fourth-order valence-electron chi connectivity index (χ4n) is 0.755. The summed E-state index contributed by atoms with van der Waals surface area (Å²) in [6.45, 7) is 0. The molecule has 3 nitrogen and oxygen atoms in total. The highest BCUT2D eigenvalue weighted by molar-refractivity contribution is 7.89. The fourth-order valence-corrected chi connectivity index (χ4v) is 3.31. The van der Waals surface area contributed by atoms with E-state index < -0.39 is 10.0 Å². The minimum Gasteiger partial charge on any atom is -0.214 e. The Morgan fingerprint density at radius 3 is 2.75 bits per heavy atom. The molecule has 0 saturated heterocycles. The molecule has 1 aromatic rings. The van der Waals surface area contributed by atoms with E-state index in [-0.39, 0.29) is 10.8 Å². The molecule has 0 bridgehead atoms. The number of thiophene rings is 1. The van der Waals surface area contributed by atoms with Crippen LogP contribution in [-0.2, 0) is 15.9 Å². The maximum Gasteiger partial charge on any atom is 0.241 e. The summed E-state index contributed by atoms with van der Waals surface area (Å²) in [6.07, 6.45) is 0. The van der Waals surface area contributed by atoms with Crippen LogP contribution < -0.4 is 4.72 Å². The SMILES string of the molecule is CNS(=O)(=O)c1cscc1CCl. The van der Waals surface area contributed by atoms with Crippen LogP contribution in [0.15, 0.2) is 15.7 Å². The molecule has 1 rings (SSSR count). The first-order valence-corrected chi connectivity index (χ1v) is 6.12. The van der Waals surface area contributed by atoms with Crippen molar-refractivity contribution < 1.29 is 8.42 Å². The monoisotopic (exact) mass is 225 g/mol. The van der Waals surface area contributed by atoms with Crippen LogP contribution >= 0.6 is 22.9 Å². The van der Waals surface area contributed by atoms with Gasteiger partial charge in [0.15, 0.2) is 0 Å². The third kappa shape index (κ3) is 1.80. The molecule has 0 aliphatic carbocycles. The van der Waals surface area contributed by atoms with Crippen molar-refractivity contribution in [2.24, 2.45) is 0 Å². The van der Waals surface area contributed by atoms with E-state index in [2.05, 4.69) is 4.72 Å². The highest BCUT2D eigenvalue weighted by Crippen LogP contribution is 2.21. The molecule has 6 heteroatoms. The molecule has 0 spiro atoms. The van der Waals surface area contributed by atoms with Crippen LogP contribution in [0.25, 0.3) is 0 Å². The van der Waals surface area contributed by atoms with Gasteiger partial charge in [-0.1, -0.05) is 0 Å². The lowest BCUT2D eigenvalue weighted by molar-refractivity contribution is 0.588. The van der Waals surface area contributed by atoms with Crippen LogP contribution in [0.5, 0.6) is 0 Å². The molecule has 1 heterocycles. The van der Waals surface area contributed by atoms with Gasteiger partial charge in [0.25, 0.3) is 0 Å². The zero-order valence-corrected chi connectivity index (χ0v) is 8.76. The van der Waals surface area contributed by atoms with Crippen molar-refractivity contribution in [1.82, 2.24) is 4.72 Å². The van der Waals surface area contributed by atoms with E-state index in [9.17, 15) is 8.42 Å². The Bertz CT molecular complexity index is 357. The smallest absolute Gasteiger partial charge is 0.214 e. The second-order valence-corrected chi connectivity index (χ2v) is 4.97. The maximum absolute atomic E-state index is 11.3. The molecule has 0 atom stereocenters. The molecule has 0 amide bonds. The predicted octanol–water partition coefficient (Wildman–Crippen LogP) is 1.40. The summed E-state index contributed by atoms with van der Waals surface area (Å²) < 4.78 is 24.8. The van der Waals surface area contributed by atoms with Gasteiger partial charge in [-0.3, -0.25) is 0 Å². The predicted molar refractivity (Wildman–Crippen MR) is 50.1 cm³/mol. The zero-order chi connectivity index (χ0) is 9.19. The molecule has 1 aromatic heterocycles. The zero-order valence-electron chi connectivity index (χ0n) is 6.37. The van der Waals surface area contributed by atoms with Crippen LogP contribution in [-0.4, -0.2) is 15.5 Å².